The van der Waals surface area contributed by atoms with Crippen molar-refractivity contribution in [3.8, 4) is 44.5 Å². The zero-order valence-electron chi connectivity index (χ0n) is 32.7. The van der Waals surface area contributed by atoms with Crippen molar-refractivity contribution in [3.63, 3.8) is 0 Å². The Labute approximate surface area is 339 Å². The van der Waals surface area contributed by atoms with Gasteiger partial charge in [0.15, 0.2) is 0 Å². The van der Waals surface area contributed by atoms with E-state index < -0.39 is 0 Å². The Morgan fingerprint density at radius 3 is 2.05 bits per heavy atom. The third kappa shape index (κ3) is 5.19. The molecule has 2 aliphatic carbocycles. The zero-order chi connectivity index (χ0) is 38.4. The second-order valence-corrected chi connectivity index (χ2v) is 17.3. The lowest BCUT2D eigenvalue weighted by Gasteiger charge is -2.38. The Kier molecular flexibility index (Phi) is 7.68. The van der Waals surface area contributed by atoms with Crippen LogP contribution in [0.15, 0.2) is 174 Å². The summed E-state index contributed by atoms with van der Waals surface area (Å²) >= 11 is 1.94. The van der Waals surface area contributed by atoms with Crippen molar-refractivity contribution in [2.75, 3.05) is 10.2 Å². The molecular formula is C54H42N2S. The minimum absolute atomic E-state index is 0.217. The van der Waals surface area contributed by atoms with Gasteiger partial charge >= 0.3 is 0 Å². The summed E-state index contributed by atoms with van der Waals surface area (Å²) in [5, 5.41) is 3.90. The lowest BCUT2D eigenvalue weighted by atomic mass is 9.81. The molecule has 8 aromatic rings. The Morgan fingerprint density at radius 2 is 1.23 bits per heavy atom. The SMILES string of the molecule is Cc1ccc(N2c3cc4c(c(-c5ccccc5Nc5ccccc5C)c3Sc3ccc5c(c32)-c2ccccc2C5)-c2ccccc2C4(C)C)c(-c2ccccc2)c1. The predicted molar refractivity (Wildman–Crippen MR) is 241 cm³/mol. The second-order valence-electron chi connectivity index (χ2n) is 16.3. The Bertz CT molecular complexity index is 2940. The Morgan fingerprint density at radius 1 is 0.526 bits per heavy atom. The zero-order valence-corrected chi connectivity index (χ0v) is 33.5. The van der Waals surface area contributed by atoms with Gasteiger partial charge in [0.05, 0.1) is 17.1 Å². The van der Waals surface area contributed by atoms with Crippen LogP contribution in [-0.2, 0) is 11.8 Å². The molecule has 3 heteroatoms. The second kappa shape index (κ2) is 12.9. The van der Waals surface area contributed by atoms with Crippen molar-refractivity contribution in [2.45, 2.75) is 49.3 Å². The number of benzene rings is 8. The molecule has 274 valence electrons. The summed E-state index contributed by atoms with van der Waals surface area (Å²) in [7, 11) is 0. The van der Waals surface area contributed by atoms with Crippen LogP contribution in [0.3, 0.4) is 0 Å². The number of nitrogens with one attached hydrogen (secondary N) is 1. The van der Waals surface area contributed by atoms with Crippen LogP contribution in [0.2, 0.25) is 0 Å². The molecule has 11 rings (SSSR count). The van der Waals surface area contributed by atoms with Gasteiger partial charge in [-0.2, -0.15) is 0 Å². The lowest BCUT2D eigenvalue weighted by molar-refractivity contribution is 0.660. The number of fused-ring (bicyclic) bond motifs is 9. The van der Waals surface area contributed by atoms with Gasteiger partial charge in [-0.05, 0) is 107 Å². The minimum atomic E-state index is -0.217. The van der Waals surface area contributed by atoms with Gasteiger partial charge in [-0.3, -0.25) is 0 Å². The molecule has 0 amide bonds. The van der Waals surface area contributed by atoms with E-state index in [4.69, 9.17) is 0 Å². The molecular weight excluding hydrogens is 709 g/mol. The van der Waals surface area contributed by atoms with Crippen LogP contribution in [0.1, 0.15) is 47.2 Å². The Balaban J connectivity index is 1.27. The topological polar surface area (TPSA) is 15.3 Å². The predicted octanol–water partition coefficient (Wildman–Crippen LogP) is 15.2. The number of aryl methyl sites for hydroxylation is 2. The van der Waals surface area contributed by atoms with E-state index >= 15 is 0 Å². The summed E-state index contributed by atoms with van der Waals surface area (Å²) in [4.78, 5) is 5.19. The monoisotopic (exact) mass is 750 g/mol. The maximum Gasteiger partial charge on any atom is 0.0683 e. The van der Waals surface area contributed by atoms with E-state index in [0.717, 1.165) is 17.8 Å². The first-order valence-electron chi connectivity index (χ1n) is 20.0. The Hall–Kier alpha value is -6.29. The molecule has 2 nitrogen and oxygen atoms in total. The van der Waals surface area contributed by atoms with Crippen LogP contribution >= 0.6 is 11.8 Å². The van der Waals surface area contributed by atoms with Gasteiger partial charge in [0.2, 0.25) is 0 Å². The normalized spacial score (nSPS) is 13.9. The molecule has 1 aliphatic heterocycles. The number of anilines is 5. The maximum atomic E-state index is 3.90. The number of hydrogen-bond acceptors (Lipinski definition) is 3. The fraction of sp³-hybridized carbons (Fsp3) is 0.111. The molecule has 0 bridgehead atoms. The van der Waals surface area contributed by atoms with Gasteiger partial charge in [-0.25, -0.2) is 0 Å². The average Bonchev–Trinajstić information content (AvgIpc) is 3.73. The summed E-state index contributed by atoms with van der Waals surface area (Å²) in [6.07, 6.45) is 0.944. The first-order valence-corrected chi connectivity index (χ1v) is 20.8. The van der Waals surface area contributed by atoms with Gasteiger partial charge < -0.3 is 10.2 Å². The van der Waals surface area contributed by atoms with Gasteiger partial charge in [0.1, 0.15) is 0 Å². The summed E-state index contributed by atoms with van der Waals surface area (Å²) in [5.74, 6) is 0. The van der Waals surface area contributed by atoms with E-state index in [0.29, 0.717) is 0 Å². The van der Waals surface area contributed by atoms with E-state index in [1.165, 1.54) is 105 Å². The number of rotatable bonds is 5. The van der Waals surface area contributed by atoms with Gasteiger partial charge in [-0.1, -0.05) is 159 Å². The van der Waals surface area contributed by atoms with Crippen molar-refractivity contribution < 1.29 is 0 Å². The van der Waals surface area contributed by atoms with Crippen molar-refractivity contribution in [2.24, 2.45) is 0 Å². The van der Waals surface area contributed by atoms with Gasteiger partial charge in [0, 0.05) is 48.8 Å². The van der Waals surface area contributed by atoms with Gasteiger partial charge in [-0.15, -0.1) is 0 Å². The van der Waals surface area contributed by atoms with E-state index in [1.54, 1.807) is 0 Å². The van der Waals surface area contributed by atoms with E-state index in [1.807, 2.05) is 11.8 Å². The van der Waals surface area contributed by atoms with Crippen LogP contribution in [0.25, 0.3) is 44.5 Å². The quantitative estimate of drug-likeness (QED) is 0.189. The van der Waals surface area contributed by atoms with Crippen molar-refractivity contribution in [3.05, 3.63) is 197 Å². The molecule has 3 aliphatic rings. The number of nitrogens with zero attached hydrogens (tertiary/aromatic N) is 1. The smallest absolute Gasteiger partial charge is 0.0683 e. The first-order chi connectivity index (χ1) is 27.9. The molecule has 1 N–H and O–H groups in total. The third-order valence-electron chi connectivity index (χ3n) is 12.5. The highest BCUT2D eigenvalue weighted by Crippen LogP contribution is 2.65. The fourth-order valence-electron chi connectivity index (χ4n) is 9.67. The maximum absolute atomic E-state index is 3.90. The van der Waals surface area contributed by atoms with E-state index in [9.17, 15) is 0 Å². The van der Waals surface area contributed by atoms with Crippen LogP contribution < -0.4 is 10.2 Å². The molecule has 1 heterocycles. The highest BCUT2D eigenvalue weighted by atomic mass is 32.2. The first kappa shape index (κ1) is 34.0. The fourth-order valence-corrected chi connectivity index (χ4v) is 10.9. The van der Waals surface area contributed by atoms with Crippen molar-refractivity contribution in [1.29, 1.82) is 0 Å². The molecule has 0 spiro atoms. The molecule has 8 aromatic carbocycles. The highest BCUT2D eigenvalue weighted by molar-refractivity contribution is 8.00. The largest absolute Gasteiger partial charge is 0.355 e. The van der Waals surface area contributed by atoms with Crippen molar-refractivity contribution in [1.82, 2.24) is 0 Å². The molecule has 0 aromatic heterocycles. The average molecular weight is 751 g/mol. The summed E-state index contributed by atoms with van der Waals surface area (Å²) < 4.78 is 0. The molecule has 0 radical (unpaired) electrons. The molecule has 0 fully saturated rings. The van der Waals surface area contributed by atoms with Crippen LogP contribution in [0, 0.1) is 13.8 Å². The molecule has 0 saturated carbocycles. The molecule has 57 heavy (non-hydrogen) atoms. The van der Waals surface area contributed by atoms with Crippen LogP contribution in [0.5, 0.6) is 0 Å². The summed E-state index contributed by atoms with van der Waals surface area (Å²) in [6, 6.07) is 60.9. The van der Waals surface area contributed by atoms with Crippen LogP contribution in [-0.4, -0.2) is 0 Å². The van der Waals surface area contributed by atoms with Crippen LogP contribution in [0.4, 0.5) is 28.4 Å². The standard InChI is InChI=1S/C54H42N2S/c1-33-26-28-46(41(30-33)35-17-6-5-7-18-35)56-47-32-43-50(39-21-11-13-23-42(39)54(43,3)4)51(40-22-12-15-25-45(40)55-44-24-14-8-16-34(44)2)53(47)57-48-29-27-37-31-36-19-9-10-20-38(36)49(37)52(48)56/h5-30,32,55H,31H2,1-4H3. The van der Waals surface area contributed by atoms with E-state index in [2.05, 4.69) is 202 Å². The third-order valence-corrected chi connectivity index (χ3v) is 13.6. The molecule has 0 unspecified atom stereocenters. The number of hydrogen-bond donors (Lipinski definition) is 1. The number of para-hydroxylation sites is 2. The molecule has 0 atom stereocenters. The molecule has 0 saturated heterocycles. The van der Waals surface area contributed by atoms with Crippen molar-refractivity contribution >= 4 is 40.2 Å². The van der Waals surface area contributed by atoms with E-state index in [-0.39, 0.29) is 5.41 Å². The van der Waals surface area contributed by atoms with Gasteiger partial charge in [0.25, 0.3) is 0 Å². The summed E-state index contributed by atoms with van der Waals surface area (Å²) in [5.41, 5.74) is 24.0. The summed E-state index contributed by atoms with van der Waals surface area (Å²) in [6.45, 7) is 9.21. The lowest BCUT2D eigenvalue weighted by Crippen LogP contribution is -2.20. The minimum Gasteiger partial charge on any atom is -0.355 e. The highest BCUT2D eigenvalue weighted by Gasteiger charge is 2.42.